The molecule has 0 aliphatic carbocycles. The normalized spacial score (nSPS) is 11.3. The van der Waals surface area contributed by atoms with Crippen molar-refractivity contribution < 1.29 is 97.2 Å². The number of hydrogen-bond acceptors (Lipinski definition) is 2. The Labute approximate surface area is 342 Å². The molecule has 5 nitrogen and oxygen atoms in total. The van der Waals surface area contributed by atoms with E-state index < -0.39 is 144 Å². The molecule has 0 spiro atoms. The van der Waals surface area contributed by atoms with E-state index in [0.717, 1.165) is 5.69 Å². The summed E-state index contributed by atoms with van der Waals surface area (Å²) in [7, 11) is 0. The Morgan fingerprint density at radius 1 is 0.438 bits per heavy atom. The van der Waals surface area contributed by atoms with E-state index in [1.54, 1.807) is 16.7 Å². The smallest absolute Gasteiger partial charge is 0.227 e. The van der Waals surface area contributed by atoms with Crippen molar-refractivity contribution in [3.63, 3.8) is 0 Å². The van der Waals surface area contributed by atoms with Crippen LogP contribution in [0, 0.1) is 116 Å². The molecule has 6 rings (SSSR count). The van der Waals surface area contributed by atoms with Gasteiger partial charge in [0.25, 0.3) is 0 Å². The first-order valence-electron chi connectivity index (χ1n) is 16.8. The first-order valence-corrected chi connectivity index (χ1v) is 16.8. The van der Waals surface area contributed by atoms with Gasteiger partial charge in [-0.15, -0.1) is 21.9 Å². The maximum absolute atomic E-state index is 15.4. The van der Waals surface area contributed by atoms with Crippen LogP contribution in [0.3, 0.4) is 0 Å². The van der Waals surface area contributed by atoms with Crippen LogP contribution in [0.25, 0.3) is 10.4 Å². The van der Waals surface area contributed by atoms with E-state index in [0.29, 0.717) is 5.56 Å². The van der Waals surface area contributed by atoms with E-state index in [1.807, 2.05) is 42.6 Å². The van der Waals surface area contributed by atoms with Gasteiger partial charge in [0.15, 0.2) is 81.7 Å². The Morgan fingerprint density at radius 3 is 1.02 bits per heavy atom. The predicted molar refractivity (Wildman–Crippen MR) is 179 cm³/mol. The lowest BCUT2D eigenvalue weighted by Crippen LogP contribution is -2.81. The van der Waals surface area contributed by atoms with Crippen LogP contribution in [-0.2, 0) is 13.1 Å². The fourth-order valence-electron chi connectivity index (χ4n) is 6.66. The highest BCUT2D eigenvalue weighted by Gasteiger charge is 2.52. The van der Waals surface area contributed by atoms with Crippen molar-refractivity contribution in [2.24, 2.45) is 5.11 Å². The molecule has 0 aliphatic heterocycles. The quantitative estimate of drug-likeness (QED) is 0.0165. The molecule has 6 aromatic rings. The topological polar surface area (TPSA) is 69.7 Å². The minimum Gasteiger partial charge on any atom is -0.287 e. The van der Waals surface area contributed by atoms with Crippen molar-refractivity contribution >= 4 is 33.8 Å². The first kappa shape index (κ1) is 47.9. The Kier molecular flexibility index (Phi) is 13.7. The second-order valence-corrected chi connectivity index (χ2v) is 12.8. The average Bonchev–Trinajstić information content (AvgIpc) is 3.29. The van der Waals surface area contributed by atoms with Crippen LogP contribution < -0.4 is 26.4 Å². The van der Waals surface area contributed by atoms with Gasteiger partial charge in [-0.3, -0.25) is 4.79 Å². The van der Waals surface area contributed by atoms with Gasteiger partial charge in [-0.2, -0.15) is 4.57 Å². The summed E-state index contributed by atoms with van der Waals surface area (Å²) in [5, 5.41) is 3.53. The molecule has 0 aliphatic rings. The van der Waals surface area contributed by atoms with Crippen molar-refractivity contribution in [3.8, 4) is 0 Å². The molecule has 1 heterocycles. The lowest BCUT2D eigenvalue weighted by molar-refractivity contribution is -0.690. The number of carbonyl (C=O) groups excluding carboxylic acids is 1. The summed E-state index contributed by atoms with van der Waals surface area (Å²) in [5.74, 6) is -71.4. The van der Waals surface area contributed by atoms with E-state index in [2.05, 4.69) is 10.0 Å². The monoisotopic (exact) mass is 932 g/mol. The predicted octanol–water partition coefficient (Wildman–Crippen LogP) is 8.51. The fourth-order valence-corrected chi connectivity index (χ4v) is 6.66. The number of azide groups is 1. The van der Waals surface area contributed by atoms with Crippen LogP contribution in [0.15, 0.2) is 59.8 Å². The number of rotatable bonds is 9. The third-order valence-corrected chi connectivity index (χ3v) is 9.45. The molecule has 0 N–H and O–H groups in total. The van der Waals surface area contributed by atoms with Crippen molar-refractivity contribution in [2.45, 2.75) is 13.1 Å². The van der Waals surface area contributed by atoms with Crippen molar-refractivity contribution in [3.05, 3.63) is 193 Å². The molecular weight excluding hydrogens is 919 g/mol. The number of carbonyl (C=O) groups is 1. The summed E-state index contributed by atoms with van der Waals surface area (Å²) >= 11 is 0. The summed E-state index contributed by atoms with van der Waals surface area (Å²) in [6.07, 6.45) is -5.41. The van der Waals surface area contributed by atoms with E-state index >= 15 is 35.1 Å². The molecule has 0 fully saturated rings. The van der Waals surface area contributed by atoms with Crippen LogP contribution in [-0.4, -0.2) is 11.9 Å². The molecule has 334 valence electrons. The highest BCUT2D eigenvalue weighted by molar-refractivity contribution is 7.20. The number of Topliss-reactive ketones (excluding diaryl/α,β-unsaturated/α-hetero) is 1. The van der Waals surface area contributed by atoms with Crippen molar-refractivity contribution in [1.29, 1.82) is 0 Å². The summed E-state index contributed by atoms with van der Waals surface area (Å²) < 4.78 is 296. The number of benzene rings is 5. The third kappa shape index (κ3) is 7.70. The van der Waals surface area contributed by atoms with Crippen LogP contribution in [0.1, 0.15) is 16.1 Å². The summed E-state index contributed by atoms with van der Waals surface area (Å²) in [5.41, 5.74) is -4.48. The lowest BCUT2D eigenvalue weighted by atomic mass is 9.12. The Morgan fingerprint density at radius 2 is 0.719 bits per heavy atom. The third-order valence-electron chi connectivity index (χ3n) is 9.45. The minimum absolute atomic E-state index is 0.0268. The number of hydrogen-bond donors (Lipinski definition) is 0. The number of halogens is 20. The summed E-state index contributed by atoms with van der Waals surface area (Å²) in [6.45, 7) is 0.473. The van der Waals surface area contributed by atoms with Crippen LogP contribution in [0.2, 0.25) is 0 Å². The highest BCUT2D eigenvalue weighted by Crippen LogP contribution is 2.30. The molecule has 64 heavy (non-hydrogen) atoms. The van der Waals surface area contributed by atoms with Crippen molar-refractivity contribution in [2.75, 3.05) is 0 Å². The van der Waals surface area contributed by atoms with E-state index in [-0.39, 0.29) is 18.9 Å². The van der Waals surface area contributed by atoms with Gasteiger partial charge in [0, 0.05) is 22.6 Å². The molecule has 0 atom stereocenters. The van der Waals surface area contributed by atoms with Gasteiger partial charge in [-0.1, -0.05) is 41.5 Å². The SMILES string of the molecule is Fc1c(F)c(F)c([B-](c2c(F)c(F)c(F)c(F)c2F)(c2c(F)c(F)c(F)c(F)c2F)c2c(F)c(F)c(F)c(F)c2F)c(F)c1F.[N-]=[N+]=NCc1cccc[n+]1CC(=O)c1ccccc1. The molecule has 26 heteroatoms. The van der Waals surface area contributed by atoms with Crippen LogP contribution >= 0.6 is 0 Å². The zero-order chi connectivity index (χ0) is 47.9. The van der Waals surface area contributed by atoms with Gasteiger partial charge < -0.3 is 0 Å². The molecule has 0 radical (unpaired) electrons. The number of ketones is 1. The second-order valence-electron chi connectivity index (χ2n) is 12.8. The minimum atomic E-state index is -7.22. The van der Waals surface area contributed by atoms with Gasteiger partial charge in [-0.05, 0) is 5.53 Å². The largest absolute Gasteiger partial charge is 0.287 e. The molecule has 0 bridgehead atoms. The summed E-state index contributed by atoms with van der Waals surface area (Å²) in [6, 6.07) is 14.7. The van der Waals surface area contributed by atoms with Gasteiger partial charge in [0.05, 0.1) is 0 Å². The van der Waals surface area contributed by atoms with Crippen LogP contribution in [0.5, 0.6) is 0 Å². The molecule has 1 aromatic heterocycles. The van der Waals surface area contributed by atoms with Gasteiger partial charge >= 0.3 is 0 Å². The molecule has 5 aromatic carbocycles. The average molecular weight is 932 g/mol. The van der Waals surface area contributed by atoms with Crippen molar-refractivity contribution in [1.82, 2.24) is 0 Å². The highest BCUT2D eigenvalue weighted by atomic mass is 19.2. The van der Waals surface area contributed by atoms with E-state index in [4.69, 9.17) is 5.53 Å². The molecule has 0 amide bonds. The number of aromatic nitrogens is 1. The summed E-state index contributed by atoms with van der Waals surface area (Å²) in [4.78, 5) is 14.9. The van der Waals surface area contributed by atoms with E-state index in [1.165, 1.54) is 0 Å². The second kappa shape index (κ2) is 18.3. The van der Waals surface area contributed by atoms with Gasteiger partial charge in [-0.25, -0.2) is 87.8 Å². The Balaban J connectivity index is 0.000000337. The maximum atomic E-state index is 15.4. The number of nitrogens with zero attached hydrogens (tertiary/aromatic N) is 4. The molecule has 0 saturated carbocycles. The van der Waals surface area contributed by atoms with Gasteiger partial charge in [0.1, 0.15) is 59.2 Å². The van der Waals surface area contributed by atoms with E-state index in [9.17, 15) is 57.5 Å². The number of pyridine rings is 1. The first-order chi connectivity index (χ1) is 30.0. The maximum Gasteiger partial charge on any atom is 0.227 e. The Hall–Kier alpha value is -7.11. The lowest BCUT2D eigenvalue weighted by Gasteiger charge is -2.44. The molecular formula is C38H13BF20N4O. The molecule has 0 saturated heterocycles. The molecule has 0 unspecified atom stereocenters. The Bertz CT molecular complexity index is 2550. The van der Waals surface area contributed by atoms with Crippen LogP contribution in [0.4, 0.5) is 87.8 Å². The zero-order valence-electron chi connectivity index (χ0n) is 30.4. The fraction of sp³-hybridized carbons (Fsp3) is 0.0526. The standard InChI is InChI=1S/C24BF20.C14H13N4O/c26-5-1(6(27)14(35)21(42)13(5)34)25(2-7(28)15(36)22(43)16(37)8(2)29,3-9(30)17(38)23(44)18(39)10(3)31)4-11(32)19(40)24(45)20(41)12(4)33;15-17-16-10-13-8-4-5-9-18(13)11-14(19)12-6-2-1-3-7-12/h;1-9H,10-11H2/q-1;+1. The van der Waals surface area contributed by atoms with Gasteiger partial charge in [0.2, 0.25) is 12.3 Å². The zero-order valence-corrected chi connectivity index (χ0v) is 30.4.